The molecule has 0 bridgehead atoms. The molecule has 0 amide bonds. The fraction of sp³-hybridized carbons (Fsp3) is 0.714. The molecule has 106 valence electrons. The molecule has 0 aliphatic heterocycles. The van der Waals surface area contributed by atoms with Gasteiger partial charge in [0.1, 0.15) is 5.69 Å². The minimum atomic E-state index is -0.499. The Balaban J connectivity index is 2.34. The standard InChI is InChI=1S/C14H21NO4/c1-14(2)7-5-6-9(14)12-15-10(8-17-3)11(19-12)13(16)18-4/h9H,5-8H2,1-4H3. The lowest BCUT2D eigenvalue weighted by Crippen LogP contribution is -2.15. The van der Waals surface area contributed by atoms with Crippen molar-refractivity contribution in [1.29, 1.82) is 0 Å². The first kappa shape index (κ1) is 14.1. The summed E-state index contributed by atoms with van der Waals surface area (Å²) in [4.78, 5) is 16.1. The van der Waals surface area contributed by atoms with Crippen molar-refractivity contribution in [2.45, 2.75) is 45.6 Å². The van der Waals surface area contributed by atoms with Gasteiger partial charge >= 0.3 is 5.97 Å². The number of hydrogen-bond acceptors (Lipinski definition) is 5. The van der Waals surface area contributed by atoms with E-state index in [0.29, 0.717) is 11.6 Å². The van der Waals surface area contributed by atoms with Crippen molar-refractivity contribution in [3.05, 3.63) is 17.3 Å². The zero-order chi connectivity index (χ0) is 14.0. The Morgan fingerprint density at radius 2 is 2.21 bits per heavy atom. The molecule has 0 N–H and O–H groups in total. The number of carbonyl (C=O) groups excluding carboxylic acids is 1. The van der Waals surface area contributed by atoms with Crippen molar-refractivity contribution in [3.8, 4) is 0 Å². The highest BCUT2D eigenvalue weighted by Gasteiger charge is 2.39. The molecule has 0 spiro atoms. The van der Waals surface area contributed by atoms with Gasteiger partial charge < -0.3 is 13.9 Å². The molecule has 0 radical (unpaired) electrons. The van der Waals surface area contributed by atoms with Gasteiger partial charge in [0.15, 0.2) is 5.89 Å². The van der Waals surface area contributed by atoms with Gasteiger partial charge in [0, 0.05) is 13.0 Å². The maximum Gasteiger partial charge on any atom is 0.376 e. The van der Waals surface area contributed by atoms with Crippen LogP contribution in [0.2, 0.25) is 0 Å². The normalized spacial score (nSPS) is 21.6. The van der Waals surface area contributed by atoms with Crippen LogP contribution >= 0.6 is 0 Å². The topological polar surface area (TPSA) is 61.6 Å². The number of oxazole rings is 1. The largest absolute Gasteiger partial charge is 0.463 e. The molecule has 1 atom stereocenters. The first-order valence-electron chi connectivity index (χ1n) is 6.56. The molecule has 1 aliphatic rings. The van der Waals surface area contributed by atoms with Crippen LogP contribution in [0.15, 0.2) is 4.42 Å². The summed E-state index contributed by atoms with van der Waals surface area (Å²) in [5.41, 5.74) is 0.676. The van der Waals surface area contributed by atoms with E-state index in [9.17, 15) is 4.79 Å². The molecule has 1 fully saturated rings. The number of ether oxygens (including phenoxy) is 2. The first-order chi connectivity index (χ1) is 8.99. The third-order valence-electron chi connectivity index (χ3n) is 3.92. The average Bonchev–Trinajstić information content (AvgIpc) is 2.92. The highest BCUT2D eigenvalue weighted by molar-refractivity contribution is 5.87. The number of nitrogens with zero attached hydrogens (tertiary/aromatic N) is 1. The lowest BCUT2D eigenvalue weighted by Gasteiger charge is -2.23. The van der Waals surface area contributed by atoms with Gasteiger partial charge in [-0.15, -0.1) is 0 Å². The molecule has 5 nitrogen and oxygen atoms in total. The Kier molecular flexibility index (Phi) is 3.94. The monoisotopic (exact) mass is 267 g/mol. The molecule has 1 aromatic heterocycles. The summed E-state index contributed by atoms with van der Waals surface area (Å²) in [6.07, 6.45) is 3.35. The first-order valence-corrected chi connectivity index (χ1v) is 6.56. The van der Waals surface area contributed by atoms with Crippen LogP contribution in [-0.2, 0) is 16.1 Å². The van der Waals surface area contributed by atoms with E-state index < -0.39 is 5.97 Å². The van der Waals surface area contributed by atoms with Crippen LogP contribution in [0.1, 0.15) is 61.2 Å². The molecule has 0 saturated heterocycles. The number of hydrogen-bond donors (Lipinski definition) is 0. The Bertz CT molecular complexity index is 464. The Labute approximate surface area is 113 Å². The van der Waals surface area contributed by atoms with E-state index >= 15 is 0 Å². The zero-order valence-corrected chi connectivity index (χ0v) is 12.0. The van der Waals surface area contributed by atoms with Crippen LogP contribution in [0.25, 0.3) is 0 Å². The molecule has 1 heterocycles. The van der Waals surface area contributed by atoms with Crippen LogP contribution in [0.3, 0.4) is 0 Å². The second-order valence-electron chi connectivity index (χ2n) is 5.69. The van der Waals surface area contributed by atoms with E-state index in [1.165, 1.54) is 7.11 Å². The summed E-state index contributed by atoms with van der Waals surface area (Å²) in [5.74, 6) is 0.556. The average molecular weight is 267 g/mol. The molecule has 5 heteroatoms. The van der Waals surface area contributed by atoms with Crippen molar-refractivity contribution in [2.24, 2.45) is 5.41 Å². The summed E-state index contributed by atoms with van der Waals surface area (Å²) >= 11 is 0. The van der Waals surface area contributed by atoms with Gasteiger partial charge in [-0.2, -0.15) is 0 Å². The highest BCUT2D eigenvalue weighted by atomic mass is 16.5. The van der Waals surface area contributed by atoms with Crippen molar-refractivity contribution in [3.63, 3.8) is 0 Å². The predicted octanol–water partition coefficient (Wildman–Crippen LogP) is 2.90. The molecule has 0 aromatic carbocycles. The van der Waals surface area contributed by atoms with Crippen molar-refractivity contribution in [1.82, 2.24) is 4.98 Å². The molecule has 1 saturated carbocycles. The van der Waals surface area contributed by atoms with Crippen LogP contribution in [0, 0.1) is 5.41 Å². The Hall–Kier alpha value is -1.36. The van der Waals surface area contributed by atoms with E-state index in [0.717, 1.165) is 19.3 Å². The molecule has 1 unspecified atom stereocenters. The maximum absolute atomic E-state index is 11.7. The van der Waals surface area contributed by atoms with Crippen LogP contribution in [0.5, 0.6) is 0 Å². The fourth-order valence-electron chi connectivity index (χ4n) is 2.79. The van der Waals surface area contributed by atoms with Crippen molar-refractivity contribution < 1.29 is 18.7 Å². The van der Waals surface area contributed by atoms with Gasteiger partial charge in [-0.25, -0.2) is 9.78 Å². The van der Waals surface area contributed by atoms with Gasteiger partial charge in [0.25, 0.3) is 0 Å². The summed E-state index contributed by atoms with van der Waals surface area (Å²) in [6, 6.07) is 0. The van der Waals surface area contributed by atoms with E-state index in [-0.39, 0.29) is 23.7 Å². The van der Waals surface area contributed by atoms with Crippen molar-refractivity contribution in [2.75, 3.05) is 14.2 Å². The van der Waals surface area contributed by atoms with E-state index in [4.69, 9.17) is 13.9 Å². The second-order valence-corrected chi connectivity index (χ2v) is 5.69. The molecule has 19 heavy (non-hydrogen) atoms. The summed E-state index contributed by atoms with van der Waals surface area (Å²) < 4.78 is 15.5. The van der Waals surface area contributed by atoms with Crippen molar-refractivity contribution >= 4 is 5.97 Å². The molecule has 1 aliphatic carbocycles. The van der Waals surface area contributed by atoms with Crippen LogP contribution in [-0.4, -0.2) is 25.2 Å². The predicted molar refractivity (Wildman–Crippen MR) is 68.9 cm³/mol. The molecule has 1 aromatic rings. The summed E-state index contributed by atoms with van der Waals surface area (Å²) in [7, 11) is 2.90. The molecule has 2 rings (SSSR count). The summed E-state index contributed by atoms with van der Waals surface area (Å²) in [6.45, 7) is 4.67. The highest BCUT2D eigenvalue weighted by Crippen LogP contribution is 2.48. The fourth-order valence-corrected chi connectivity index (χ4v) is 2.79. The number of carbonyl (C=O) groups is 1. The smallest absolute Gasteiger partial charge is 0.376 e. The number of rotatable bonds is 4. The van der Waals surface area contributed by atoms with Gasteiger partial charge in [0.2, 0.25) is 5.76 Å². The Morgan fingerprint density at radius 3 is 2.74 bits per heavy atom. The van der Waals surface area contributed by atoms with Gasteiger partial charge in [-0.1, -0.05) is 20.3 Å². The number of aromatic nitrogens is 1. The number of esters is 1. The van der Waals surface area contributed by atoms with E-state index in [1.807, 2.05) is 0 Å². The van der Waals surface area contributed by atoms with Gasteiger partial charge in [-0.3, -0.25) is 0 Å². The quantitative estimate of drug-likeness (QED) is 0.785. The molecular weight excluding hydrogens is 246 g/mol. The third kappa shape index (κ3) is 2.66. The Morgan fingerprint density at radius 1 is 1.47 bits per heavy atom. The van der Waals surface area contributed by atoms with E-state index in [1.54, 1.807) is 7.11 Å². The minimum Gasteiger partial charge on any atom is -0.463 e. The molecular formula is C14H21NO4. The van der Waals surface area contributed by atoms with Gasteiger partial charge in [0.05, 0.1) is 13.7 Å². The zero-order valence-electron chi connectivity index (χ0n) is 12.0. The second kappa shape index (κ2) is 5.33. The van der Waals surface area contributed by atoms with Crippen LogP contribution in [0.4, 0.5) is 0 Å². The number of methoxy groups -OCH3 is 2. The maximum atomic E-state index is 11.7. The minimum absolute atomic E-state index is 0.155. The lowest BCUT2D eigenvalue weighted by molar-refractivity contribution is 0.0554. The van der Waals surface area contributed by atoms with Gasteiger partial charge in [-0.05, 0) is 18.3 Å². The lowest BCUT2D eigenvalue weighted by atomic mass is 9.82. The summed E-state index contributed by atoms with van der Waals surface area (Å²) in [5, 5.41) is 0. The van der Waals surface area contributed by atoms with Crippen LogP contribution < -0.4 is 0 Å². The SMILES string of the molecule is COCc1nc(C2CCCC2(C)C)oc1C(=O)OC. The third-order valence-corrected chi connectivity index (χ3v) is 3.92. The van der Waals surface area contributed by atoms with E-state index in [2.05, 4.69) is 18.8 Å².